The topological polar surface area (TPSA) is 59.4 Å². The minimum absolute atomic E-state index is 0.0303. The van der Waals surface area contributed by atoms with Crippen molar-refractivity contribution in [3.63, 3.8) is 0 Å². The van der Waals surface area contributed by atoms with Gasteiger partial charge in [-0.2, -0.15) is 0 Å². The number of carboxylic acid groups (broad SMARTS) is 1. The summed E-state index contributed by atoms with van der Waals surface area (Å²) in [4.78, 5) is 15.0. The first-order valence-corrected chi connectivity index (χ1v) is 5.53. The summed E-state index contributed by atoms with van der Waals surface area (Å²) in [6.45, 7) is 0.219. The maximum absolute atomic E-state index is 12.6. The first-order valence-electron chi connectivity index (χ1n) is 4.71. The van der Waals surface area contributed by atoms with Crippen LogP contribution in [0.15, 0.2) is 30.5 Å². The van der Waals surface area contributed by atoms with E-state index in [0.29, 0.717) is 10.6 Å². The lowest BCUT2D eigenvalue weighted by Gasteiger charge is -2.03. The first kappa shape index (κ1) is 11.5. The standard InChI is InChI=1S/C11H8FNO3S/c12-7-1-3-8(4-2-7)16-6-9-5-13-10(17-9)11(14)15/h1-5H,6H2,(H,14,15). The van der Waals surface area contributed by atoms with Gasteiger partial charge in [0, 0.05) is 6.20 Å². The summed E-state index contributed by atoms with van der Waals surface area (Å²) in [5.41, 5.74) is 0. The Morgan fingerprint density at radius 2 is 2.12 bits per heavy atom. The highest BCUT2D eigenvalue weighted by Crippen LogP contribution is 2.17. The van der Waals surface area contributed by atoms with Crippen LogP contribution in [0, 0.1) is 5.82 Å². The lowest BCUT2D eigenvalue weighted by molar-refractivity contribution is 0.0696. The number of rotatable bonds is 4. The number of carbonyl (C=O) groups is 1. The zero-order valence-electron chi connectivity index (χ0n) is 8.59. The van der Waals surface area contributed by atoms with E-state index in [4.69, 9.17) is 9.84 Å². The fourth-order valence-corrected chi connectivity index (χ4v) is 1.82. The second-order valence-corrected chi connectivity index (χ2v) is 4.29. The fraction of sp³-hybridized carbons (Fsp3) is 0.0909. The maximum atomic E-state index is 12.6. The molecule has 4 nitrogen and oxygen atoms in total. The van der Waals surface area contributed by atoms with E-state index in [1.807, 2.05) is 0 Å². The molecule has 0 fully saturated rings. The Balaban J connectivity index is 1.97. The Morgan fingerprint density at radius 3 is 2.71 bits per heavy atom. The number of nitrogens with zero attached hydrogens (tertiary/aromatic N) is 1. The van der Waals surface area contributed by atoms with Crippen molar-refractivity contribution in [1.29, 1.82) is 0 Å². The quantitative estimate of drug-likeness (QED) is 0.909. The van der Waals surface area contributed by atoms with E-state index in [2.05, 4.69) is 4.98 Å². The van der Waals surface area contributed by atoms with Gasteiger partial charge in [0.2, 0.25) is 5.01 Å². The Hall–Kier alpha value is -1.95. The van der Waals surface area contributed by atoms with Crippen LogP contribution in [0.1, 0.15) is 14.7 Å². The SMILES string of the molecule is O=C(O)c1ncc(COc2ccc(F)cc2)s1. The van der Waals surface area contributed by atoms with E-state index in [1.165, 1.54) is 30.5 Å². The minimum Gasteiger partial charge on any atom is -0.488 e. The van der Waals surface area contributed by atoms with Gasteiger partial charge >= 0.3 is 5.97 Å². The van der Waals surface area contributed by atoms with E-state index in [0.717, 1.165) is 11.3 Å². The summed E-state index contributed by atoms with van der Waals surface area (Å²) < 4.78 is 18.0. The van der Waals surface area contributed by atoms with Gasteiger partial charge in [-0.3, -0.25) is 0 Å². The minimum atomic E-state index is -1.05. The van der Waals surface area contributed by atoms with E-state index in [9.17, 15) is 9.18 Å². The highest BCUT2D eigenvalue weighted by atomic mass is 32.1. The number of hydrogen-bond acceptors (Lipinski definition) is 4. The molecule has 0 aliphatic rings. The third-order valence-corrected chi connectivity index (χ3v) is 2.89. The van der Waals surface area contributed by atoms with E-state index in [-0.39, 0.29) is 17.4 Å². The molecule has 0 saturated heterocycles. The van der Waals surface area contributed by atoms with E-state index < -0.39 is 5.97 Å². The predicted octanol–water partition coefficient (Wildman–Crippen LogP) is 2.56. The van der Waals surface area contributed by atoms with Crippen LogP contribution in [0.4, 0.5) is 4.39 Å². The molecule has 1 N–H and O–H groups in total. The Kier molecular flexibility index (Phi) is 3.34. The summed E-state index contributed by atoms with van der Waals surface area (Å²) in [5.74, 6) is -0.858. The highest BCUT2D eigenvalue weighted by Gasteiger charge is 2.09. The van der Waals surface area contributed by atoms with Gasteiger partial charge in [-0.25, -0.2) is 14.2 Å². The van der Waals surface area contributed by atoms with Gasteiger partial charge < -0.3 is 9.84 Å². The third kappa shape index (κ3) is 3.01. The Labute approximate surface area is 100 Å². The van der Waals surface area contributed by atoms with Gasteiger partial charge in [0.25, 0.3) is 0 Å². The van der Waals surface area contributed by atoms with Crippen molar-refractivity contribution in [2.45, 2.75) is 6.61 Å². The molecular formula is C11H8FNO3S. The van der Waals surface area contributed by atoms with Gasteiger partial charge in [0.1, 0.15) is 18.2 Å². The molecule has 0 bridgehead atoms. The molecule has 17 heavy (non-hydrogen) atoms. The van der Waals surface area contributed by atoms with Crippen LogP contribution in [0.3, 0.4) is 0 Å². The van der Waals surface area contributed by atoms with Gasteiger partial charge in [0.15, 0.2) is 0 Å². The van der Waals surface area contributed by atoms with Gasteiger partial charge in [-0.15, -0.1) is 11.3 Å². The zero-order valence-corrected chi connectivity index (χ0v) is 9.41. The molecule has 2 rings (SSSR count). The Bertz CT molecular complexity index is 524. The van der Waals surface area contributed by atoms with Gasteiger partial charge in [-0.05, 0) is 24.3 Å². The van der Waals surface area contributed by atoms with Crippen molar-refractivity contribution < 1.29 is 19.0 Å². The number of thiazole rings is 1. The Morgan fingerprint density at radius 1 is 1.41 bits per heavy atom. The van der Waals surface area contributed by atoms with Gasteiger partial charge in [-0.1, -0.05) is 0 Å². The van der Waals surface area contributed by atoms with Crippen LogP contribution in [-0.4, -0.2) is 16.1 Å². The molecule has 1 aromatic heterocycles. The van der Waals surface area contributed by atoms with Crippen molar-refractivity contribution in [3.05, 3.63) is 46.2 Å². The molecule has 2 aromatic rings. The zero-order chi connectivity index (χ0) is 12.3. The molecule has 0 aliphatic carbocycles. The molecule has 0 spiro atoms. The number of aromatic nitrogens is 1. The highest BCUT2D eigenvalue weighted by molar-refractivity contribution is 7.13. The number of ether oxygens (including phenoxy) is 1. The average Bonchev–Trinajstić information content (AvgIpc) is 2.77. The van der Waals surface area contributed by atoms with Crippen LogP contribution >= 0.6 is 11.3 Å². The monoisotopic (exact) mass is 253 g/mol. The summed E-state index contributed by atoms with van der Waals surface area (Å²) in [6, 6.07) is 5.61. The molecule has 0 amide bonds. The molecule has 6 heteroatoms. The molecule has 1 heterocycles. The van der Waals surface area contributed by atoms with Crippen molar-refractivity contribution in [1.82, 2.24) is 4.98 Å². The number of hydrogen-bond donors (Lipinski definition) is 1. The van der Waals surface area contributed by atoms with Crippen LogP contribution in [0.2, 0.25) is 0 Å². The summed E-state index contributed by atoms with van der Waals surface area (Å²) in [6.07, 6.45) is 1.46. The van der Waals surface area contributed by atoms with E-state index >= 15 is 0 Å². The first-order chi connectivity index (χ1) is 8.15. The molecule has 0 saturated carbocycles. The number of carboxylic acids is 1. The third-order valence-electron chi connectivity index (χ3n) is 1.93. The molecule has 0 atom stereocenters. The molecule has 1 aromatic carbocycles. The number of halogens is 1. The second kappa shape index (κ2) is 4.92. The van der Waals surface area contributed by atoms with Crippen LogP contribution in [0.5, 0.6) is 5.75 Å². The van der Waals surface area contributed by atoms with Crippen molar-refractivity contribution in [3.8, 4) is 5.75 Å². The normalized spacial score (nSPS) is 10.2. The summed E-state index contributed by atoms with van der Waals surface area (Å²) in [5, 5.41) is 8.71. The van der Waals surface area contributed by atoms with Crippen molar-refractivity contribution in [2.24, 2.45) is 0 Å². The predicted molar refractivity (Wildman–Crippen MR) is 59.8 cm³/mol. The largest absolute Gasteiger partial charge is 0.488 e. The lowest BCUT2D eigenvalue weighted by Crippen LogP contribution is -1.93. The van der Waals surface area contributed by atoms with Gasteiger partial charge in [0.05, 0.1) is 4.88 Å². The van der Waals surface area contributed by atoms with Crippen LogP contribution < -0.4 is 4.74 Å². The average molecular weight is 253 g/mol. The van der Waals surface area contributed by atoms with Crippen LogP contribution in [0.25, 0.3) is 0 Å². The van der Waals surface area contributed by atoms with Crippen LogP contribution in [-0.2, 0) is 6.61 Å². The number of benzene rings is 1. The summed E-state index contributed by atoms with van der Waals surface area (Å²) in [7, 11) is 0. The van der Waals surface area contributed by atoms with Crippen molar-refractivity contribution >= 4 is 17.3 Å². The van der Waals surface area contributed by atoms with Crippen molar-refractivity contribution in [2.75, 3.05) is 0 Å². The molecule has 0 aliphatic heterocycles. The maximum Gasteiger partial charge on any atom is 0.365 e. The lowest BCUT2D eigenvalue weighted by atomic mass is 10.3. The number of aromatic carboxylic acids is 1. The summed E-state index contributed by atoms with van der Waals surface area (Å²) >= 11 is 1.05. The molecule has 88 valence electrons. The molecule has 0 radical (unpaired) electrons. The molecule has 0 unspecified atom stereocenters. The second-order valence-electron chi connectivity index (χ2n) is 3.18. The van der Waals surface area contributed by atoms with E-state index in [1.54, 1.807) is 0 Å². The molecular weight excluding hydrogens is 245 g/mol. The smallest absolute Gasteiger partial charge is 0.365 e. The fourth-order valence-electron chi connectivity index (χ4n) is 1.16.